The third-order valence-corrected chi connectivity index (χ3v) is 5.29. The van der Waals surface area contributed by atoms with E-state index in [1.807, 2.05) is 0 Å². The Bertz CT molecular complexity index is 550. The summed E-state index contributed by atoms with van der Waals surface area (Å²) in [5.74, 6) is -1.44. The van der Waals surface area contributed by atoms with Crippen LogP contribution in [0.1, 0.15) is 65.3 Å². The van der Waals surface area contributed by atoms with Crippen LogP contribution in [0.3, 0.4) is 0 Å². The molecule has 0 radical (unpaired) electrons. The van der Waals surface area contributed by atoms with E-state index in [4.69, 9.17) is 5.11 Å². The van der Waals surface area contributed by atoms with Crippen molar-refractivity contribution in [1.82, 2.24) is 10.3 Å². The molecule has 23 heavy (non-hydrogen) atoms. The van der Waals surface area contributed by atoms with E-state index >= 15 is 0 Å². The molecule has 1 saturated carbocycles. The van der Waals surface area contributed by atoms with Crippen LogP contribution in [-0.4, -0.2) is 33.2 Å². The van der Waals surface area contributed by atoms with Crippen LogP contribution in [0.25, 0.3) is 0 Å². The standard InChI is InChI=1S/C16H24N2O4S/c1-10-13(16(21)22)18-12(23-10)9-17-15(20)14(19)11-7-5-3-2-4-6-8-11/h11,14,19H,2-9H2,1H3,(H,17,20)(H,21,22). The summed E-state index contributed by atoms with van der Waals surface area (Å²) in [5, 5.41) is 22.5. The van der Waals surface area contributed by atoms with Crippen molar-refractivity contribution in [3.05, 3.63) is 15.6 Å². The van der Waals surface area contributed by atoms with Crippen LogP contribution in [0, 0.1) is 12.8 Å². The van der Waals surface area contributed by atoms with Gasteiger partial charge in [-0.2, -0.15) is 0 Å². The van der Waals surface area contributed by atoms with Gasteiger partial charge < -0.3 is 15.5 Å². The highest BCUT2D eigenvalue weighted by Crippen LogP contribution is 2.25. The van der Waals surface area contributed by atoms with Gasteiger partial charge in [-0.3, -0.25) is 4.79 Å². The van der Waals surface area contributed by atoms with Gasteiger partial charge in [-0.1, -0.05) is 32.1 Å². The first-order valence-corrected chi connectivity index (χ1v) is 8.96. The minimum absolute atomic E-state index is 0.0166. The number of hydrogen-bond donors (Lipinski definition) is 3. The highest BCUT2D eigenvalue weighted by atomic mass is 32.1. The first-order valence-electron chi connectivity index (χ1n) is 8.14. The molecule has 1 atom stereocenters. The van der Waals surface area contributed by atoms with Crippen molar-refractivity contribution in [2.75, 3.05) is 0 Å². The fourth-order valence-corrected chi connectivity index (χ4v) is 3.87. The lowest BCUT2D eigenvalue weighted by Crippen LogP contribution is -2.39. The van der Waals surface area contributed by atoms with Crippen LogP contribution >= 0.6 is 11.3 Å². The van der Waals surface area contributed by atoms with E-state index in [2.05, 4.69) is 10.3 Å². The van der Waals surface area contributed by atoms with Gasteiger partial charge in [0.25, 0.3) is 0 Å². The summed E-state index contributed by atoms with van der Waals surface area (Å²) in [6.45, 7) is 1.84. The minimum atomic E-state index is -1.06. The van der Waals surface area contributed by atoms with Gasteiger partial charge in [0.05, 0.1) is 6.54 Å². The molecule has 2 rings (SSSR count). The Hall–Kier alpha value is -1.47. The van der Waals surface area contributed by atoms with Crippen molar-refractivity contribution in [3.8, 4) is 0 Å². The van der Waals surface area contributed by atoms with Crippen LogP contribution in [0.4, 0.5) is 0 Å². The molecule has 1 unspecified atom stereocenters. The summed E-state index contributed by atoms with van der Waals surface area (Å²) < 4.78 is 0. The van der Waals surface area contributed by atoms with E-state index in [-0.39, 0.29) is 24.1 Å². The van der Waals surface area contributed by atoms with E-state index in [0.29, 0.717) is 9.88 Å². The molecule has 3 N–H and O–H groups in total. The zero-order valence-corrected chi connectivity index (χ0v) is 14.2. The van der Waals surface area contributed by atoms with Crippen LogP contribution in [0.5, 0.6) is 0 Å². The van der Waals surface area contributed by atoms with Gasteiger partial charge in [0, 0.05) is 4.88 Å². The topological polar surface area (TPSA) is 99.5 Å². The Labute approximate surface area is 139 Å². The van der Waals surface area contributed by atoms with E-state index in [1.165, 1.54) is 30.6 Å². The van der Waals surface area contributed by atoms with E-state index in [1.54, 1.807) is 6.92 Å². The summed E-state index contributed by atoms with van der Waals surface area (Å²) in [7, 11) is 0. The quantitative estimate of drug-likeness (QED) is 0.765. The van der Waals surface area contributed by atoms with Gasteiger partial charge in [-0.25, -0.2) is 9.78 Å². The minimum Gasteiger partial charge on any atom is -0.476 e. The fraction of sp³-hybridized carbons (Fsp3) is 0.688. The monoisotopic (exact) mass is 340 g/mol. The summed E-state index contributed by atoms with van der Waals surface area (Å²) in [5.41, 5.74) is 0.0276. The Kier molecular flexibility index (Phi) is 6.53. The molecule has 1 aliphatic rings. The number of carboxylic acid groups (broad SMARTS) is 1. The lowest BCUT2D eigenvalue weighted by Gasteiger charge is -2.24. The van der Waals surface area contributed by atoms with Crippen LogP contribution in [0.15, 0.2) is 0 Å². The number of carboxylic acids is 1. The number of thiazole rings is 1. The fourth-order valence-electron chi connectivity index (χ4n) is 3.01. The number of nitrogens with zero attached hydrogens (tertiary/aromatic N) is 1. The normalized spacial score (nSPS) is 18.0. The molecule has 1 aromatic heterocycles. The molecule has 0 spiro atoms. The average molecular weight is 340 g/mol. The Morgan fingerprint density at radius 3 is 2.43 bits per heavy atom. The van der Waals surface area contributed by atoms with Gasteiger partial charge in [0.1, 0.15) is 11.1 Å². The van der Waals surface area contributed by atoms with Gasteiger partial charge in [-0.05, 0) is 25.7 Å². The Morgan fingerprint density at radius 2 is 1.87 bits per heavy atom. The number of aliphatic hydroxyl groups excluding tert-OH is 1. The molecule has 0 aliphatic heterocycles. The molecule has 1 fully saturated rings. The third kappa shape index (κ3) is 5.00. The second-order valence-electron chi connectivity index (χ2n) is 6.09. The second-order valence-corrected chi connectivity index (χ2v) is 7.37. The molecule has 1 aromatic rings. The number of amides is 1. The second kappa shape index (κ2) is 8.40. The first kappa shape index (κ1) is 17.9. The molecule has 6 nitrogen and oxygen atoms in total. The predicted molar refractivity (Wildman–Crippen MR) is 87.5 cm³/mol. The van der Waals surface area contributed by atoms with Gasteiger partial charge in [0.15, 0.2) is 5.69 Å². The molecule has 7 heteroatoms. The maximum atomic E-state index is 12.1. The van der Waals surface area contributed by atoms with Crippen molar-refractivity contribution in [2.45, 2.75) is 64.5 Å². The number of carbonyl (C=O) groups is 2. The smallest absolute Gasteiger partial charge is 0.355 e. The van der Waals surface area contributed by atoms with E-state index in [0.717, 1.165) is 25.7 Å². The van der Waals surface area contributed by atoms with Crippen molar-refractivity contribution in [3.63, 3.8) is 0 Å². The van der Waals surface area contributed by atoms with E-state index in [9.17, 15) is 14.7 Å². The number of hydrogen-bond acceptors (Lipinski definition) is 5. The molecular formula is C16H24N2O4S. The highest BCUT2D eigenvalue weighted by Gasteiger charge is 2.26. The molecule has 0 saturated heterocycles. The SMILES string of the molecule is Cc1sc(CNC(=O)C(O)C2CCCCCCC2)nc1C(=O)O. The lowest BCUT2D eigenvalue weighted by molar-refractivity contribution is -0.132. The van der Waals surface area contributed by atoms with Crippen LogP contribution in [-0.2, 0) is 11.3 Å². The van der Waals surface area contributed by atoms with Gasteiger partial charge in [-0.15, -0.1) is 11.3 Å². The third-order valence-electron chi connectivity index (χ3n) is 4.32. The number of carbonyl (C=O) groups excluding carboxylic acids is 1. The largest absolute Gasteiger partial charge is 0.476 e. The summed E-state index contributed by atoms with van der Waals surface area (Å²) in [6, 6.07) is 0. The maximum Gasteiger partial charge on any atom is 0.355 e. The summed E-state index contributed by atoms with van der Waals surface area (Å²) in [4.78, 5) is 27.7. The molecule has 0 bridgehead atoms. The number of aryl methyl sites for hydroxylation is 1. The Balaban J connectivity index is 1.88. The number of aliphatic hydroxyl groups is 1. The number of nitrogens with one attached hydrogen (secondary N) is 1. The summed E-state index contributed by atoms with van der Waals surface area (Å²) in [6.07, 6.45) is 6.47. The zero-order valence-electron chi connectivity index (χ0n) is 13.4. The average Bonchev–Trinajstić information content (AvgIpc) is 2.85. The van der Waals surface area contributed by atoms with Crippen molar-refractivity contribution in [1.29, 1.82) is 0 Å². The molecular weight excluding hydrogens is 316 g/mol. The maximum absolute atomic E-state index is 12.1. The zero-order chi connectivity index (χ0) is 16.8. The molecule has 1 aliphatic carbocycles. The van der Waals surface area contributed by atoms with Crippen molar-refractivity contribution >= 4 is 23.2 Å². The molecule has 0 aromatic carbocycles. The predicted octanol–water partition coefficient (Wildman–Crippen LogP) is 2.49. The van der Waals surface area contributed by atoms with E-state index < -0.39 is 12.1 Å². The highest BCUT2D eigenvalue weighted by molar-refractivity contribution is 7.11. The van der Waals surface area contributed by atoms with Gasteiger partial charge in [0.2, 0.25) is 5.91 Å². The Morgan fingerprint density at radius 1 is 1.26 bits per heavy atom. The molecule has 128 valence electrons. The number of aromatic nitrogens is 1. The van der Waals surface area contributed by atoms with Crippen molar-refractivity contribution < 1.29 is 19.8 Å². The first-order chi connectivity index (χ1) is 11.0. The molecule has 1 amide bonds. The lowest BCUT2D eigenvalue weighted by atomic mass is 9.87. The van der Waals surface area contributed by atoms with Gasteiger partial charge >= 0.3 is 5.97 Å². The van der Waals surface area contributed by atoms with Crippen LogP contribution in [0.2, 0.25) is 0 Å². The van der Waals surface area contributed by atoms with Crippen molar-refractivity contribution in [2.24, 2.45) is 5.92 Å². The molecule has 1 heterocycles. The number of rotatable bonds is 5. The summed E-state index contributed by atoms with van der Waals surface area (Å²) >= 11 is 1.25. The van der Waals surface area contributed by atoms with Crippen LogP contribution < -0.4 is 5.32 Å². The number of aromatic carboxylic acids is 1.